The Bertz CT molecular complexity index is 769. The van der Waals surface area contributed by atoms with Crippen LogP contribution < -0.4 is 0 Å². The van der Waals surface area contributed by atoms with Gasteiger partial charge in [-0.3, -0.25) is 4.90 Å². The molecule has 1 fully saturated rings. The third kappa shape index (κ3) is 4.49. The van der Waals surface area contributed by atoms with Crippen molar-refractivity contribution in [2.45, 2.75) is 32.0 Å². The largest absolute Gasteiger partial charge is 0.377 e. The number of thiazole rings is 1. The molecule has 0 amide bonds. The monoisotopic (exact) mass is 372 g/mol. The van der Waals surface area contributed by atoms with Crippen LogP contribution in [0, 0.1) is 0 Å². The Labute approximate surface area is 155 Å². The molecule has 1 atom stereocenters. The summed E-state index contributed by atoms with van der Waals surface area (Å²) in [5, 5.41) is 5.12. The van der Waals surface area contributed by atoms with E-state index < -0.39 is 0 Å². The second-order valence-electron chi connectivity index (χ2n) is 6.10. The molecule has 0 aromatic carbocycles. The molecule has 1 aliphatic heterocycles. The van der Waals surface area contributed by atoms with E-state index in [9.17, 15) is 0 Å². The Hall–Kier alpha value is -1.67. The molecule has 3 aromatic heterocycles. The molecule has 4 heterocycles. The molecule has 0 radical (unpaired) electrons. The van der Waals surface area contributed by atoms with E-state index in [0.29, 0.717) is 11.9 Å². The number of nitrogens with zero attached hydrogens (tertiary/aromatic N) is 4. The van der Waals surface area contributed by atoms with Gasteiger partial charge in [-0.2, -0.15) is 0 Å². The van der Waals surface area contributed by atoms with Crippen LogP contribution in [0.3, 0.4) is 0 Å². The van der Waals surface area contributed by atoms with E-state index in [2.05, 4.69) is 37.8 Å². The summed E-state index contributed by atoms with van der Waals surface area (Å²) in [6.45, 7) is 3.60. The topological polar surface area (TPSA) is 51.1 Å². The van der Waals surface area contributed by atoms with Crippen molar-refractivity contribution in [1.29, 1.82) is 0 Å². The van der Waals surface area contributed by atoms with Crippen LogP contribution in [0.15, 0.2) is 41.4 Å². The predicted octanol–water partition coefficient (Wildman–Crippen LogP) is 3.84. The number of hydrogen-bond donors (Lipinski definition) is 0. The Balaban J connectivity index is 1.46. The maximum absolute atomic E-state index is 5.84. The van der Waals surface area contributed by atoms with Gasteiger partial charge in [0.05, 0.1) is 11.8 Å². The lowest BCUT2D eigenvalue weighted by molar-refractivity contribution is 0.0679. The Morgan fingerprint density at radius 3 is 2.84 bits per heavy atom. The summed E-state index contributed by atoms with van der Waals surface area (Å²) >= 11 is 3.41. The molecule has 0 bridgehead atoms. The number of hydrogen-bond acceptors (Lipinski definition) is 7. The number of ether oxygens (including phenoxy) is 1. The zero-order valence-corrected chi connectivity index (χ0v) is 15.5. The third-order valence-corrected chi connectivity index (χ3v) is 5.89. The molecule has 3 aromatic rings. The summed E-state index contributed by atoms with van der Waals surface area (Å²) in [6, 6.07) is 6.12. The fraction of sp³-hybridized carbons (Fsp3) is 0.389. The van der Waals surface area contributed by atoms with Crippen LogP contribution in [-0.2, 0) is 17.8 Å². The first-order valence-electron chi connectivity index (χ1n) is 8.45. The Kier molecular flexibility index (Phi) is 5.46. The fourth-order valence-electron chi connectivity index (χ4n) is 3.01. The minimum Gasteiger partial charge on any atom is -0.377 e. The molecule has 0 spiro atoms. The lowest BCUT2D eigenvalue weighted by Gasteiger charge is -2.23. The van der Waals surface area contributed by atoms with E-state index in [1.807, 2.05) is 6.07 Å². The molecular formula is C18H20N4OS2. The van der Waals surface area contributed by atoms with Crippen molar-refractivity contribution in [3.8, 4) is 10.8 Å². The fourth-order valence-corrected chi connectivity index (χ4v) is 4.51. The minimum atomic E-state index is 0.343. The molecular weight excluding hydrogens is 352 g/mol. The van der Waals surface area contributed by atoms with Crippen molar-refractivity contribution in [2.75, 3.05) is 13.2 Å². The first-order chi connectivity index (χ1) is 12.4. The van der Waals surface area contributed by atoms with Gasteiger partial charge in [-0.05, 0) is 30.4 Å². The molecule has 1 saturated heterocycles. The van der Waals surface area contributed by atoms with Crippen molar-refractivity contribution < 1.29 is 4.74 Å². The van der Waals surface area contributed by atoms with Gasteiger partial charge in [-0.1, -0.05) is 6.07 Å². The third-order valence-electron chi connectivity index (χ3n) is 4.14. The normalized spacial score (nSPS) is 17.4. The minimum absolute atomic E-state index is 0.343. The lowest BCUT2D eigenvalue weighted by atomic mass is 10.2. The zero-order valence-electron chi connectivity index (χ0n) is 13.9. The van der Waals surface area contributed by atoms with Crippen LogP contribution in [0.4, 0.5) is 0 Å². The molecule has 7 heteroatoms. The molecule has 5 nitrogen and oxygen atoms in total. The summed E-state index contributed by atoms with van der Waals surface area (Å²) in [7, 11) is 0. The van der Waals surface area contributed by atoms with Crippen molar-refractivity contribution in [1.82, 2.24) is 19.9 Å². The van der Waals surface area contributed by atoms with E-state index in [1.54, 1.807) is 35.1 Å². The van der Waals surface area contributed by atoms with Gasteiger partial charge in [0, 0.05) is 48.9 Å². The maximum atomic E-state index is 5.84. The highest BCUT2D eigenvalue weighted by atomic mass is 32.1. The quantitative estimate of drug-likeness (QED) is 0.631. The Morgan fingerprint density at radius 2 is 2.08 bits per heavy atom. The van der Waals surface area contributed by atoms with Crippen molar-refractivity contribution in [2.24, 2.45) is 0 Å². The van der Waals surface area contributed by atoms with Gasteiger partial charge in [0.2, 0.25) is 0 Å². The number of aromatic nitrogens is 3. The molecule has 0 aliphatic carbocycles. The van der Waals surface area contributed by atoms with Gasteiger partial charge in [-0.25, -0.2) is 15.0 Å². The van der Waals surface area contributed by atoms with E-state index in [0.717, 1.165) is 43.4 Å². The zero-order chi connectivity index (χ0) is 16.9. The number of rotatable bonds is 7. The number of thiophene rings is 1. The van der Waals surface area contributed by atoms with E-state index in [1.165, 1.54) is 11.3 Å². The van der Waals surface area contributed by atoms with Crippen LogP contribution in [-0.4, -0.2) is 39.1 Å². The van der Waals surface area contributed by atoms with Crippen LogP contribution in [0.5, 0.6) is 0 Å². The van der Waals surface area contributed by atoms with Gasteiger partial charge in [0.1, 0.15) is 0 Å². The average molecular weight is 373 g/mol. The average Bonchev–Trinajstić information content (AvgIpc) is 3.38. The highest BCUT2D eigenvalue weighted by molar-refractivity contribution is 7.13. The highest BCUT2D eigenvalue weighted by Crippen LogP contribution is 2.23. The molecule has 130 valence electrons. The molecule has 4 rings (SSSR count). The van der Waals surface area contributed by atoms with Crippen LogP contribution >= 0.6 is 22.7 Å². The van der Waals surface area contributed by atoms with Crippen LogP contribution in [0.1, 0.15) is 23.4 Å². The van der Waals surface area contributed by atoms with Crippen LogP contribution in [0.25, 0.3) is 10.8 Å². The molecule has 1 aliphatic rings. The standard InChI is InChI=1S/C18H20N4OS2/c1-4-15(23-8-1)11-22(12-16-5-2-9-24-16)10-14-13-25-18(21-14)17-19-6-3-7-20-17/h2-3,5-7,9,13,15H,1,4,8,10-12H2. The molecule has 0 N–H and O–H groups in total. The summed E-state index contributed by atoms with van der Waals surface area (Å²) in [4.78, 5) is 17.1. The first kappa shape index (κ1) is 16.8. The Morgan fingerprint density at radius 1 is 1.16 bits per heavy atom. The lowest BCUT2D eigenvalue weighted by Crippen LogP contribution is -2.31. The van der Waals surface area contributed by atoms with E-state index in [4.69, 9.17) is 9.72 Å². The summed E-state index contributed by atoms with van der Waals surface area (Å²) in [6.07, 6.45) is 6.18. The molecule has 1 unspecified atom stereocenters. The second-order valence-corrected chi connectivity index (χ2v) is 7.99. The van der Waals surface area contributed by atoms with E-state index in [-0.39, 0.29) is 0 Å². The van der Waals surface area contributed by atoms with Crippen LogP contribution in [0.2, 0.25) is 0 Å². The van der Waals surface area contributed by atoms with Crippen molar-refractivity contribution >= 4 is 22.7 Å². The van der Waals surface area contributed by atoms with Crippen molar-refractivity contribution in [3.05, 3.63) is 51.9 Å². The highest BCUT2D eigenvalue weighted by Gasteiger charge is 2.20. The summed E-state index contributed by atoms with van der Waals surface area (Å²) < 4.78 is 5.84. The SMILES string of the molecule is c1cnc(-c2nc(CN(Cc3cccs3)CC3CCCO3)cs2)nc1. The van der Waals surface area contributed by atoms with Gasteiger partial charge < -0.3 is 4.74 Å². The predicted molar refractivity (Wildman–Crippen MR) is 101 cm³/mol. The second kappa shape index (κ2) is 8.14. The van der Waals surface area contributed by atoms with Gasteiger partial charge in [0.15, 0.2) is 10.8 Å². The van der Waals surface area contributed by atoms with E-state index >= 15 is 0 Å². The summed E-state index contributed by atoms with van der Waals surface area (Å²) in [5.41, 5.74) is 1.07. The maximum Gasteiger partial charge on any atom is 0.188 e. The summed E-state index contributed by atoms with van der Waals surface area (Å²) in [5.74, 6) is 0.697. The van der Waals surface area contributed by atoms with Crippen molar-refractivity contribution in [3.63, 3.8) is 0 Å². The van der Waals surface area contributed by atoms with Gasteiger partial charge in [0.25, 0.3) is 0 Å². The first-order valence-corrected chi connectivity index (χ1v) is 10.2. The smallest absolute Gasteiger partial charge is 0.188 e. The molecule has 0 saturated carbocycles. The molecule has 25 heavy (non-hydrogen) atoms. The van der Waals surface area contributed by atoms with Gasteiger partial charge >= 0.3 is 0 Å². The van der Waals surface area contributed by atoms with Gasteiger partial charge in [-0.15, -0.1) is 22.7 Å².